The number of piperazine rings is 1. The van der Waals surface area contributed by atoms with E-state index < -0.39 is 0 Å². The highest BCUT2D eigenvalue weighted by molar-refractivity contribution is 7.19. The Morgan fingerprint density at radius 3 is 2.63 bits per heavy atom. The summed E-state index contributed by atoms with van der Waals surface area (Å²) in [4.78, 5) is 15.8. The number of thiophene rings is 1. The minimum atomic E-state index is 0.954. The third-order valence-corrected chi connectivity index (χ3v) is 7.06. The molecular weight excluding hydrogens is 354 g/mol. The van der Waals surface area contributed by atoms with Gasteiger partial charge in [0.25, 0.3) is 0 Å². The number of aryl methyl sites for hydroxylation is 2. The van der Waals surface area contributed by atoms with Gasteiger partial charge in [-0.1, -0.05) is 0 Å². The van der Waals surface area contributed by atoms with Crippen LogP contribution in [0.5, 0.6) is 0 Å². The van der Waals surface area contributed by atoms with E-state index in [2.05, 4.69) is 51.5 Å². The Bertz CT molecular complexity index is 941. The van der Waals surface area contributed by atoms with Crippen molar-refractivity contribution in [3.63, 3.8) is 0 Å². The van der Waals surface area contributed by atoms with Crippen LogP contribution in [0.2, 0.25) is 0 Å². The van der Waals surface area contributed by atoms with Crippen LogP contribution >= 0.6 is 11.3 Å². The second kappa shape index (κ2) is 7.09. The molecule has 2 N–H and O–H groups in total. The number of hydrogen-bond acceptors (Lipinski definition) is 5. The molecule has 2 aromatic heterocycles. The number of hydrogen-bond donors (Lipinski definition) is 2. The molecule has 0 saturated carbocycles. The van der Waals surface area contributed by atoms with Crippen LogP contribution in [0, 0.1) is 0 Å². The van der Waals surface area contributed by atoms with Crippen molar-refractivity contribution in [3.05, 3.63) is 41.0 Å². The molecule has 1 saturated heterocycles. The van der Waals surface area contributed by atoms with Gasteiger partial charge in [0.1, 0.15) is 17.0 Å². The fourth-order valence-corrected chi connectivity index (χ4v) is 5.45. The normalized spacial score (nSPS) is 17.9. The lowest BCUT2D eigenvalue weighted by Gasteiger charge is -2.31. The van der Waals surface area contributed by atoms with Crippen LogP contribution in [0.15, 0.2) is 30.6 Å². The highest BCUT2D eigenvalue weighted by atomic mass is 32.1. The number of nitrogens with zero attached hydrogens (tertiary/aromatic N) is 3. The van der Waals surface area contributed by atoms with Gasteiger partial charge in [-0.2, -0.15) is 0 Å². The van der Waals surface area contributed by atoms with Gasteiger partial charge in [-0.15, -0.1) is 11.3 Å². The largest absolute Gasteiger partial charge is 0.360 e. The van der Waals surface area contributed by atoms with Crippen molar-refractivity contribution in [3.8, 4) is 0 Å². The molecule has 3 heterocycles. The van der Waals surface area contributed by atoms with E-state index in [9.17, 15) is 0 Å². The Balaban J connectivity index is 1.40. The lowest BCUT2D eigenvalue weighted by molar-refractivity contribution is -0.880. The molecule has 1 fully saturated rings. The topological polar surface area (TPSA) is 45.5 Å². The van der Waals surface area contributed by atoms with Gasteiger partial charge >= 0.3 is 0 Å². The Morgan fingerprint density at radius 2 is 1.81 bits per heavy atom. The van der Waals surface area contributed by atoms with E-state index in [4.69, 9.17) is 0 Å². The Hall–Kier alpha value is -2.18. The molecule has 2 aliphatic rings. The van der Waals surface area contributed by atoms with E-state index in [-0.39, 0.29) is 0 Å². The summed E-state index contributed by atoms with van der Waals surface area (Å²) in [5, 5.41) is 4.79. The van der Waals surface area contributed by atoms with Crippen molar-refractivity contribution in [2.75, 3.05) is 43.4 Å². The van der Waals surface area contributed by atoms with Crippen LogP contribution in [0.3, 0.4) is 0 Å². The molecule has 5 nitrogen and oxygen atoms in total. The van der Waals surface area contributed by atoms with E-state index in [1.54, 1.807) is 11.2 Å². The summed E-state index contributed by atoms with van der Waals surface area (Å²) < 4.78 is 0. The van der Waals surface area contributed by atoms with Crippen LogP contribution in [0.4, 0.5) is 17.2 Å². The molecule has 1 aliphatic carbocycles. The summed E-state index contributed by atoms with van der Waals surface area (Å²) in [5.74, 6) is 0.954. The monoisotopic (exact) mass is 380 g/mol. The lowest BCUT2D eigenvalue weighted by Crippen LogP contribution is -3.12. The third-order valence-electron chi connectivity index (χ3n) is 5.86. The first-order chi connectivity index (χ1) is 13.3. The standard InChI is InChI=1S/C21H25N5S/c1-25-10-12-26(13-11-25)16-8-6-15(7-9-16)24-20-19-17-4-2-3-5-18(17)27-21(19)23-14-22-20/h6-9,14H,2-5,10-13H2,1H3,(H,22,23,24)/p+1. The number of rotatable bonds is 3. The quantitative estimate of drug-likeness (QED) is 0.733. The van der Waals surface area contributed by atoms with Gasteiger partial charge in [0.2, 0.25) is 0 Å². The molecule has 0 unspecified atom stereocenters. The molecular formula is C21H26N5S+. The molecule has 5 rings (SSSR count). The van der Waals surface area contributed by atoms with Gasteiger partial charge < -0.3 is 15.1 Å². The van der Waals surface area contributed by atoms with Crippen LogP contribution < -0.4 is 15.1 Å². The van der Waals surface area contributed by atoms with Crippen molar-refractivity contribution < 1.29 is 4.90 Å². The van der Waals surface area contributed by atoms with E-state index in [1.165, 1.54) is 53.9 Å². The van der Waals surface area contributed by atoms with Gasteiger partial charge in [-0.05, 0) is 55.5 Å². The summed E-state index contributed by atoms with van der Waals surface area (Å²) >= 11 is 1.85. The minimum absolute atomic E-state index is 0.954. The van der Waals surface area contributed by atoms with Crippen molar-refractivity contribution in [1.29, 1.82) is 0 Å². The summed E-state index contributed by atoms with van der Waals surface area (Å²) in [5.41, 5.74) is 3.88. The van der Waals surface area contributed by atoms with E-state index in [0.29, 0.717) is 0 Å². The molecule has 0 spiro atoms. The summed E-state index contributed by atoms with van der Waals surface area (Å²) in [7, 11) is 2.27. The molecule has 0 amide bonds. The Kier molecular flexibility index (Phi) is 4.45. The van der Waals surface area contributed by atoms with Crippen LogP contribution in [-0.2, 0) is 12.8 Å². The first-order valence-electron chi connectivity index (χ1n) is 9.96. The van der Waals surface area contributed by atoms with Gasteiger partial charge in [-0.25, -0.2) is 9.97 Å². The fourth-order valence-electron chi connectivity index (χ4n) is 4.22. The highest BCUT2D eigenvalue weighted by Gasteiger charge is 2.20. The minimum Gasteiger partial charge on any atom is -0.360 e. The first-order valence-corrected chi connectivity index (χ1v) is 10.8. The molecule has 140 valence electrons. The number of fused-ring (bicyclic) bond motifs is 3. The maximum absolute atomic E-state index is 4.57. The summed E-state index contributed by atoms with van der Waals surface area (Å²) in [6.07, 6.45) is 6.60. The summed E-state index contributed by atoms with van der Waals surface area (Å²) in [6, 6.07) is 8.80. The van der Waals surface area contributed by atoms with Crippen LogP contribution in [0.1, 0.15) is 23.3 Å². The smallest absolute Gasteiger partial charge is 0.142 e. The zero-order chi connectivity index (χ0) is 18.2. The second-order valence-electron chi connectivity index (χ2n) is 7.73. The van der Waals surface area contributed by atoms with Gasteiger partial charge in [0.15, 0.2) is 0 Å². The number of nitrogens with one attached hydrogen (secondary N) is 2. The van der Waals surface area contributed by atoms with Crippen LogP contribution in [0.25, 0.3) is 10.2 Å². The first kappa shape index (κ1) is 17.0. The second-order valence-corrected chi connectivity index (χ2v) is 8.81. The number of anilines is 3. The van der Waals surface area contributed by atoms with Crippen molar-refractivity contribution in [2.45, 2.75) is 25.7 Å². The number of quaternary nitrogens is 1. The zero-order valence-corrected chi connectivity index (χ0v) is 16.6. The molecule has 3 aromatic rings. The number of aromatic nitrogens is 2. The predicted molar refractivity (Wildman–Crippen MR) is 113 cm³/mol. The molecule has 0 bridgehead atoms. The highest BCUT2D eigenvalue weighted by Crippen LogP contribution is 2.38. The molecule has 0 atom stereocenters. The fraction of sp³-hybridized carbons (Fsp3) is 0.429. The van der Waals surface area contributed by atoms with Crippen molar-refractivity contribution in [1.82, 2.24) is 9.97 Å². The maximum atomic E-state index is 4.57. The molecule has 1 aliphatic heterocycles. The van der Waals surface area contributed by atoms with E-state index >= 15 is 0 Å². The Labute approximate surface area is 164 Å². The molecule has 27 heavy (non-hydrogen) atoms. The lowest BCUT2D eigenvalue weighted by atomic mass is 9.97. The molecule has 0 radical (unpaired) electrons. The van der Waals surface area contributed by atoms with Crippen molar-refractivity contribution in [2.24, 2.45) is 0 Å². The zero-order valence-electron chi connectivity index (χ0n) is 15.8. The van der Waals surface area contributed by atoms with Crippen molar-refractivity contribution >= 4 is 38.7 Å². The van der Waals surface area contributed by atoms with Gasteiger partial charge in [-0.3, -0.25) is 0 Å². The maximum Gasteiger partial charge on any atom is 0.142 e. The number of benzene rings is 1. The molecule has 6 heteroatoms. The predicted octanol–water partition coefficient (Wildman–Crippen LogP) is 2.65. The Morgan fingerprint density at radius 1 is 1.04 bits per heavy atom. The van der Waals surface area contributed by atoms with Gasteiger partial charge in [0, 0.05) is 16.3 Å². The van der Waals surface area contributed by atoms with Gasteiger partial charge in [0.05, 0.1) is 38.6 Å². The third kappa shape index (κ3) is 3.28. The van der Waals surface area contributed by atoms with E-state index in [1.807, 2.05) is 11.3 Å². The SMILES string of the molecule is C[NH+]1CCN(c2ccc(Nc3ncnc4sc5c(c34)CCCC5)cc2)CC1. The summed E-state index contributed by atoms with van der Waals surface area (Å²) in [6.45, 7) is 4.68. The average molecular weight is 381 g/mol. The van der Waals surface area contributed by atoms with E-state index in [0.717, 1.165) is 35.8 Å². The average Bonchev–Trinajstić information content (AvgIpc) is 3.09. The number of likely N-dealkylation sites (N-methyl/N-ethyl adjacent to an activating group) is 1. The van der Waals surface area contributed by atoms with Crippen LogP contribution in [-0.4, -0.2) is 43.2 Å². The molecule has 1 aromatic carbocycles.